The highest BCUT2D eigenvalue weighted by Gasteiger charge is 2.04. The molecule has 0 saturated carbocycles. The summed E-state index contributed by atoms with van der Waals surface area (Å²) >= 11 is 0. The third kappa shape index (κ3) is 6.31. The van der Waals surface area contributed by atoms with Gasteiger partial charge in [0.1, 0.15) is 6.26 Å². The normalized spacial score (nSPS) is 14.2. The summed E-state index contributed by atoms with van der Waals surface area (Å²) in [6.45, 7) is 3.65. The molecule has 0 aliphatic rings. The second-order valence-electron chi connectivity index (χ2n) is 2.68. The maximum absolute atomic E-state index is 6.97. The van der Waals surface area contributed by atoms with E-state index in [1.807, 2.05) is 6.92 Å². The standard InChI is InChI=1S/C10H17N3O2/c1-4-13-15-6-5-10(12-8-11)9(2)7-14-3/h4-8,10H,1-3H3,(H2,11,12)/b6-5+,9-7+,13-4+. The molecule has 0 fully saturated rings. The van der Waals surface area contributed by atoms with Crippen LogP contribution < -0.4 is 5.32 Å². The number of methoxy groups -OCH3 is 1. The zero-order valence-electron chi connectivity index (χ0n) is 9.23. The van der Waals surface area contributed by atoms with E-state index in [2.05, 4.69) is 10.5 Å². The summed E-state index contributed by atoms with van der Waals surface area (Å²) in [6.07, 6.45) is 7.46. The van der Waals surface area contributed by atoms with Gasteiger partial charge < -0.3 is 14.9 Å². The Morgan fingerprint density at radius 2 is 2.27 bits per heavy atom. The highest BCUT2D eigenvalue weighted by molar-refractivity contribution is 5.52. The average Bonchev–Trinajstić information content (AvgIpc) is 2.23. The second-order valence-corrected chi connectivity index (χ2v) is 2.68. The van der Waals surface area contributed by atoms with E-state index in [4.69, 9.17) is 15.0 Å². The van der Waals surface area contributed by atoms with Crippen LogP contribution in [0.15, 0.2) is 29.3 Å². The quantitative estimate of drug-likeness (QED) is 0.291. The lowest BCUT2D eigenvalue weighted by Crippen LogP contribution is -2.26. The van der Waals surface area contributed by atoms with Gasteiger partial charge in [-0.3, -0.25) is 5.41 Å². The Balaban J connectivity index is 4.32. The van der Waals surface area contributed by atoms with Crippen molar-refractivity contribution in [2.24, 2.45) is 5.16 Å². The van der Waals surface area contributed by atoms with Crippen LogP contribution in [0.4, 0.5) is 0 Å². The first kappa shape index (κ1) is 13.2. The van der Waals surface area contributed by atoms with Crippen molar-refractivity contribution in [3.63, 3.8) is 0 Å². The van der Waals surface area contributed by atoms with Crippen LogP contribution in [0.3, 0.4) is 0 Å². The molecule has 1 atom stereocenters. The van der Waals surface area contributed by atoms with Crippen molar-refractivity contribution in [3.05, 3.63) is 24.2 Å². The van der Waals surface area contributed by atoms with Crippen molar-refractivity contribution >= 4 is 12.6 Å². The molecule has 2 N–H and O–H groups in total. The number of nitrogens with one attached hydrogen (secondary N) is 2. The van der Waals surface area contributed by atoms with E-state index in [0.29, 0.717) is 0 Å². The Morgan fingerprint density at radius 1 is 1.53 bits per heavy atom. The minimum absolute atomic E-state index is 0.130. The average molecular weight is 211 g/mol. The van der Waals surface area contributed by atoms with Gasteiger partial charge >= 0.3 is 0 Å². The summed E-state index contributed by atoms with van der Waals surface area (Å²) in [5, 5.41) is 13.3. The first-order valence-electron chi connectivity index (χ1n) is 4.51. The van der Waals surface area contributed by atoms with E-state index < -0.39 is 0 Å². The van der Waals surface area contributed by atoms with Crippen LogP contribution in [0.25, 0.3) is 0 Å². The largest absolute Gasteiger partial charge is 0.504 e. The molecule has 0 aromatic rings. The van der Waals surface area contributed by atoms with Gasteiger partial charge in [0, 0.05) is 6.21 Å². The number of ether oxygens (including phenoxy) is 1. The number of nitrogens with zero attached hydrogens (tertiary/aromatic N) is 1. The zero-order chi connectivity index (χ0) is 11.5. The molecule has 0 spiro atoms. The van der Waals surface area contributed by atoms with Crippen LogP contribution in [0, 0.1) is 5.41 Å². The molecule has 5 heteroatoms. The zero-order valence-corrected chi connectivity index (χ0v) is 9.23. The third-order valence-electron chi connectivity index (χ3n) is 1.56. The van der Waals surface area contributed by atoms with Gasteiger partial charge in [0.25, 0.3) is 0 Å². The molecule has 0 aromatic heterocycles. The number of hydrogen-bond acceptors (Lipinski definition) is 4. The predicted octanol–water partition coefficient (Wildman–Crippen LogP) is 1.64. The number of hydrogen-bond donors (Lipinski definition) is 2. The summed E-state index contributed by atoms with van der Waals surface area (Å²) in [5.41, 5.74) is 0.932. The fourth-order valence-electron chi connectivity index (χ4n) is 0.897. The molecule has 0 radical (unpaired) electrons. The molecular weight excluding hydrogens is 194 g/mol. The molecule has 0 aliphatic heterocycles. The van der Waals surface area contributed by atoms with E-state index in [-0.39, 0.29) is 6.04 Å². The van der Waals surface area contributed by atoms with E-state index in [1.54, 1.807) is 32.6 Å². The smallest absolute Gasteiger partial charge is 0.120 e. The topological polar surface area (TPSA) is 66.7 Å². The van der Waals surface area contributed by atoms with Crippen molar-refractivity contribution in [3.8, 4) is 0 Å². The molecule has 0 aliphatic carbocycles. The van der Waals surface area contributed by atoms with Gasteiger partial charge in [-0.15, -0.1) is 0 Å². The van der Waals surface area contributed by atoms with E-state index in [1.165, 1.54) is 6.26 Å². The fraction of sp³-hybridized carbons (Fsp3) is 0.400. The van der Waals surface area contributed by atoms with Crippen molar-refractivity contribution in [1.82, 2.24) is 5.32 Å². The number of oxime groups is 1. The first-order chi connectivity index (χ1) is 7.26. The summed E-state index contributed by atoms with van der Waals surface area (Å²) in [7, 11) is 1.58. The van der Waals surface area contributed by atoms with Crippen molar-refractivity contribution in [2.45, 2.75) is 19.9 Å². The van der Waals surface area contributed by atoms with Gasteiger partial charge in [0.2, 0.25) is 0 Å². The Kier molecular flexibility index (Phi) is 7.76. The monoisotopic (exact) mass is 211 g/mol. The Bertz CT molecular complexity index is 259. The van der Waals surface area contributed by atoms with Crippen LogP contribution in [0.2, 0.25) is 0 Å². The molecule has 0 rings (SSSR count). The second kappa shape index (κ2) is 8.80. The van der Waals surface area contributed by atoms with Crippen molar-refractivity contribution < 1.29 is 9.57 Å². The molecule has 0 aromatic carbocycles. The molecular formula is C10H17N3O2. The van der Waals surface area contributed by atoms with Gasteiger partial charge in [0.15, 0.2) is 0 Å². The fourth-order valence-corrected chi connectivity index (χ4v) is 0.897. The van der Waals surface area contributed by atoms with Gasteiger partial charge in [-0.05, 0) is 25.5 Å². The summed E-state index contributed by atoms with van der Waals surface area (Å²) < 4.78 is 4.88. The van der Waals surface area contributed by atoms with Crippen molar-refractivity contribution in [2.75, 3.05) is 7.11 Å². The van der Waals surface area contributed by atoms with Crippen LogP contribution in [0.5, 0.6) is 0 Å². The lowest BCUT2D eigenvalue weighted by atomic mass is 10.1. The van der Waals surface area contributed by atoms with E-state index in [9.17, 15) is 0 Å². The Labute approximate surface area is 90.0 Å². The molecule has 0 saturated heterocycles. The first-order valence-corrected chi connectivity index (χ1v) is 4.51. The van der Waals surface area contributed by atoms with Gasteiger partial charge in [-0.2, -0.15) is 0 Å². The van der Waals surface area contributed by atoms with Crippen molar-refractivity contribution in [1.29, 1.82) is 5.41 Å². The summed E-state index contributed by atoms with van der Waals surface area (Å²) in [5.74, 6) is 0. The van der Waals surface area contributed by atoms with E-state index >= 15 is 0 Å². The Hall–Kier alpha value is -1.78. The minimum Gasteiger partial charge on any atom is -0.504 e. The molecule has 1 unspecified atom stereocenters. The SMILES string of the molecule is C/C=N/O/C=C/C(NC=N)/C(C)=C/OC. The van der Waals surface area contributed by atoms with Gasteiger partial charge in [-0.1, -0.05) is 5.16 Å². The Morgan fingerprint density at radius 3 is 2.80 bits per heavy atom. The lowest BCUT2D eigenvalue weighted by Gasteiger charge is -2.12. The summed E-state index contributed by atoms with van der Waals surface area (Å²) in [4.78, 5) is 4.79. The van der Waals surface area contributed by atoms with Gasteiger partial charge in [-0.25, -0.2) is 0 Å². The van der Waals surface area contributed by atoms with Crippen LogP contribution in [0.1, 0.15) is 13.8 Å². The molecule has 84 valence electrons. The minimum atomic E-state index is -0.130. The summed E-state index contributed by atoms with van der Waals surface area (Å²) in [6, 6.07) is -0.130. The molecule has 0 heterocycles. The molecule has 0 amide bonds. The maximum atomic E-state index is 6.97. The van der Waals surface area contributed by atoms with Gasteiger partial charge in [0.05, 0.1) is 25.8 Å². The highest BCUT2D eigenvalue weighted by atomic mass is 16.6. The molecule has 0 bridgehead atoms. The molecule has 15 heavy (non-hydrogen) atoms. The van der Waals surface area contributed by atoms with Crippen LogP contribution >= 0.6 is 0 Å². The molecule has 5 nitrogen and oxygen atoms in total. The highest BCUT2D eigenvalue weighted by Crippen LogP contribution is 2.02. The predicted molar refractivity (Wildman–Crippen MR) is 60.9 cm³/mol. The van der Waals surface area contributed by atoms with Crippen LogP contribution in [-0.2, 0) is 9.57 Å². The van der Waals surface area contributed by atoms with Crippen LogP contribution in [-0.4, -0.2) is 25.7 Å². The lowest BCUT2D eigenvalue weighted by molar-refractivity contribution is 0.268. The van der Waals surface area contributed by atoms with E-state index in [0.717, 1.165) is 11.9 Å². The number of rotatable bonds is 7. The third-order valence-corrected chi connectivity index (χ3v) is 1.56. The maximum Gasteiger partial charge on any atom is 0.120 e.